The molecule has 7 nitrogen and oxygen atoms in total. The summed E-state index contributed by atoms with van der Waals surface area (Å²) in [5.41, 5.74) is -1.10. The van der Waals surface area contributed by atoms with Gasteiger partial charge in [0.1, 0.15) is 11.4 Å². The molecule has 0 aromatic carbocycles. The number of aromatic amines is 1. The monoisotopic (exact) mass is 252 g/mol. The van der Waals surface area contributed by atoms with Crippen molar-refractivity contribution >= 4 is 11.9 Å². The maximum absolute atomic E-state index is 11.9. The Hall–Kier alpha value is -1.92. The lowest BCUT2D eigenvalue weighted by atomic mass is 10.1. The summed E-state index contributed by atoms with van der Waals surface area (Å²) in [6.07, 6.45) is 2.15. The number of carbonyl (C=O) groups is 2. The second-order valence-corrected chi connectivity index (χ2v) is 4.89. The molecule has 1 aliphatic rings. The maximum Gasteiger partial charge on any atom is 0.330 e. The molecule has 1 aromatic heterocycles. The molecular formula is C11H16N4O3. The molecule has 1 amide bonds. The summed E-state index contributed by atoms with van der Waals surface area (Å²) in [6.45, 7) is 3.12. The molecule has 1 aliphatic carbocycles. The van der Waals surface area contributed by atoms with E-state index in [-0.39, 0.29) is 5.82 Å². The summed E-state index contributed by atoms with van der Waals surface area (Å²) >= 11 is 0. The number of hydrogen-bond acceptors (Lipinski definition) is 5. The zero-order chi connectivity index (χ0) is 13.3. The van der Waals surface area contributed by atoms with Gasteiger partial charge in [-0.2, -0.15) is 0 Å². The van der Waals surface area contributed by atoms with Crippen LogP contribution in [0.25, 0.3) is 0 Å². The van der Waals surface area contributed by atoms with Gasteiger partial charge in [0.05, 0.1) is 7.11 Å². The minimum atomic E-state index is -1.10. The van der Waals surface area contributed by atoms with E-state index in [9.17, 15) is 9.59 Å². The van der Waals surface area contributed by atoms with Gasteiger partial charge in [0.25, 0.3) is 5.91 Å². The Morgan fingerprint density at radius 3 is 2.67 bits per heavy atom. The van der Waals surface area contributed by atoms with Crippen LogP contribution in [0, 0.1) is 0 Å². The molecule has 2 N–H and O–H groups in total. The summed E-state index contributed by atoms with van der Waals surface area (Å²) < 4.78 is 4.60. The average Bonchev–Trinajstić information content (AvgIpc) is 3.05. The summed E-state index contributed by atoms with van der Waals surface area (Å²) in [7, 11) is 1.27. The highest BCUT2D eigenvalue weighted by Crippen LogP contribution is 2.37. The van der Waals surface area contributed by atoms with Gasteiger partial charge < -0.3 is 10.1 Å². The lowest BCUT2D eigenvalue weighted by Gasteiger charge is -2.21. The first-order valence-electron chi connectivity index (χ1n) is 5.77. The SMILES string of the molecule is COC(=O)C(C)(C)NC(=O)c1n[nH]c(C2CC2)n1. The second-order valence-electron chi connectivity index (χ2n) is 4.89. The van der Waals surface area contributed by atoms with E-state index >= 15 is 0 Å². The predicted octanol–water partition coefficient (Wildman–Crippen LogP) is 0.363. The van der Waals surface area contributed by atoms with Gasteiger partial charge in [0, 0.05) is 5.92 Å². The number of carbonyl (C=O) groups excluding carboxylic acids is 2. The van der Waals surface area contributed by atoms with Crippen LogP contribution in [0.4, 0.5) is 0 Å². The van der Waals surface area contributed by atoms with Crippen molar-refractivity contribution in [3.8, 4) is 0 Å². The predicted molar refractivity (Wildman–Crippen MR) is 61.9 cm³/mol. The van der Waals surface area contributed by atoms with Crippen LogP contribution in [0.1, 0.15) is 49.1 Å². The van der Waals surface area contributed by atoms with Gasteiger partial charge in [0.2, 0.25) is 5.82 Å². The average molecular weight is 252 g/mol. The number of esters is 1. The van der Waals surface area contributed by atoms with Crippen molar-refractivity contribution in [3.05, 3.63) is 11.6 Å². The topological polar surface area (TPSA) is 97.0 Å². The third-order valence-electron chi connectivity index (χ3n) is 2.79. The van der Waals surface area contributed by atoms with Gasteiger partial charge >= 0.3 is 5.97 Å². The molecular weight excluding hydrogens is 236 g/mol. The second kappa shape index (κ2) is 4.40. The van der Waals surface area contributed by atoms with Gasteiger partial charge in [-0.25, -0.2) is 9.78 Å². The van der Waals surface area contributed by atoms with Crippen LogP contribution in [0.15, 0.2) is 0 Å². The van der Waals surface area contributed by atoms with E-state index in [1.807, 2.05) is 0 Å². The Bertz CT molecular complexity index is 476. The van der Waals surface area contributed by atoms with Crippen LogP contribution in [-0.4, -0.2) is 39.7 Å². The first kappa shape index (κ1) is 12.5. The molecule has 1 fully saturated rings. The molecule has 1 aromatic rings. The molecule has 0 radical (unpaired) electrons. The highest BCUT2D eigenvalue weighted by Gasteiger charge is 2.33. The molecule has 0 bridgehead atoms. The van der Waals surface area contributed by atoms with Crippen LogP contribution >= 0.6 is 0 Å². The molecule has 1 heterocycles. The normalized spacial score (nSPS) is 15.3. The van der Waals surface area contributed by atoms with E-state index in [0.717, 1.165) is 18.7 Å². The molecule has 1 saturated carbocycles. The van der Waals surface area contributed by atoms with Gasteiger partial charge in [-0.15, -0.1) is 5.10 Å². The van der Waals surface area contributed by atoms with Crippen LogP contribution < -0.4 is 5.32 Å². The van der Waals surface area contributed by atoms with Crippen molar-refractivity contribution in [1.82, 2.24) is 20.5 Å². The molecule has 0 spiro atoms. The summed E-state index contributed by atoms with van der Waals surface area (Å²) in [4.78, 5) is 27.4. The van der Waals surface area contributed by atoms with E-state index in [4.69, 9.17) is 0 Å². The number of amides is 1. The minimum absolute atomic E-state index is 0.0499. The van der Waals surface area contributed by atoms with E-state index in [2.05, 4.69) is 25.2 Å². The lowest BCUT2D eigenvalue weighted by Crippen LogP contribution is -2.50. The Morgan fingerprint density at radius 1 is 1.44 bits per heavy atom. The van der Waals surface area contributed by atoms with E-state index in [1.165, 1.54) is 7.11 Å². The summed E-state index contributed by atoms with van der Waals surface area (Å²) in [5, 5.41) is 9.12. The molecule has 2 rings (SSSR count). The highest BCUT2D eigenvalue weighted by molar-refractivity contribution is 5.95. The van der Waals surface area contributed by atoms with Crippen molar-refractivity contribution in [2.75, 3.05) is 7.11 Å². The first-order valence-corrected chi connectivity index (χ1v) is 5.77. The molecule has 18 heavy (non-hydrogen) atoms. The maximum atomic E-state index is 11.9. The number of aromatic nitrogens is 3. The zero-order valence-corrected chi connectivity index (χ0v) is 10.6. The van der Waals surface area contributed by atoms with Crippen molar-refractivity contribution in [2.24, 2.45) is 0 Å². The Labute approximate surface area is 104 Å². The van der Waals surface area contributed by atoms with Crippen molar-refractivity contribution in [3.63, 3.8) is 0 Å². The number of hydrogen-bond donors (Lipinski definition) is 2. The number of methoxy groups -OCH3 is 1. The van der Waals surface area contributed by atoms with Crippen LogP contribution in [0.3, 0.4) is 0 Å². The lowest BCUT2D eigenvalue weighted by molar-refractivity contribution is -0.146. The molecule has 0 atom stereocenters. The number of H-pyrrole nitrogens is 1. The Kier molecular flexibility index (Phi) is 3.06. The van der Waals surface area contributed by atoms with Gasteiger partial charge in [-0.05, 0) is 26.7 Å². The Balaban J connectivity index is 2.04. The van der Waals surface area contributed by atoms with Crippen molar-refractivity contribution in [2.45, 2.75) is 38.1 Å². The van der Waals surface area contributed by atoms with Crippen LogP contribution in [-0.2, 0) is 9.53 Å². The standard InChI is InChI=1S/C11H16N4O3/c1-11(2,10(17)18-3)13-9(16)8-12-7(14-15-8)6-4-5-6/h6H,4-5H2,1-3H3,(H,13,16)(H,12,14,15). The van der Waals surface area contributed by atoms with Gasteiger partial charge in [-0.1, -0.05) is 0 Å². The fourth-order valence-electron chi connectivity index (χ4n) is 1.56. The van der Waals surface area contributed by atoms with Crippen molar-refractivity contribution in [1.29, 1.82) is 0 Å². The fourth-order valence-corrected chi connectivity index (χ4v) is 1.56. The van der Waals surface area contributed by atoms with Gasteiger partial charge in [0.15, 0.2) is 0 Å². The third-order valence-corrected chi connectivity index (χ3v) is 2.79. The molecule has 0 saturated heterocycles. The first-order chi connectivity index (χ1) is 8.44. The molecule has 98 valence electrons. The van der Waals surface area contributed by atoms with E-state index < -0.39 is 17.4 Å². The van der Waals surface area contributed by atoms with Crippen LogP contribution in [0.5, 0.6) is 0 Å². The fraction of sp³-hybridized carbons (Fsp3) is 0.636. The highest BCUT2D eigenvalue weighted by atomic mass is 16.5. The smallest absolute Gasteiger partial charge is 0.330 e. The number of nitrogens with zero attached hydrogens (tertiary/aromatic N) is 2. The minimum Gasteiger partial charge on any atom is -0.467 e. The molecule has 0 unspecified atom stereocenters. The van der Waals surface area contributed by atoms with E-state index in [0.29, 0.717) is 5.92 Å². The molecule has 0 aliphatic heterocycles. The Morgan fingerprint density at radius 2 is 2.11 bits per heavy atom. The number of nitrogens with one attached hydrogen (secondary N) is 2. The molecule has 7 heteroatoms. The summed E-state index contributed by atoms with van der Waals surface area (Å²) in [5.74, 6) is 0.167. The zero-order valence-electron chi connectivity index (χ0n) is 10.6. The quantitative estimate of drug-likeness (QED) is 0.754. The van der Waals surface area contributed by atoms with Crippen molar-refractivity contribution < 1.29 is 14.3 Å². The summed E-state index contributed by atoms with van der Waals surface area (Å²) in [6, 6.07) is 0. The number of ether oxygens (including phenoxy) is 1. The largest absolute Gasteiger partial charge is 0.467 e. The number of rotatable bonds is 4. The van der Waals surface area contributed by atoms with Gasteiger partial charge in [-0.3, -0.25) is 9.89 Å². The van der Waals surface area contributed by atoms with Crippen LogP contribution in [0.2, 0.25) is 0 Å². The third kappa shape index (κ3) is 2.49. The van der Waals surface area contributed by atoms with E-state index in [1.54, 1.807) is 13.8 Å².